The zero-order valence-electron chi connectivity index (χ0n) is 17.1. The molecule has 0 saturated carbocycles. The van der Waals surface area contributed by atoms with Crippen LogP contribution in [0.15, 0.2) is 41.3 Å². The Kier molecular flexibility index (Phi) is 5.44. The molecule has 1 fully saturated rings. The normalized spacial score (nSPS) is 18.0. The molecule has 0 spiro atoms. The van der Waals surface area contributed by atoms with E-state index < -0.39 is 22.0 Å². The van der Waals surface area contributed by atoms with Gasteiger partial charge < -0.3 is 10.5 Å². The van der Waals surface area contributed by atoms with Gasteiger partial charge in [-0.15, -0.1) is 11.3 Å². The summed E-state index contributed by atoms with van der Waals surface area (Å²) in [6, 6.07) is 11.4. The predicted molar refractivity (Wildman–Crippen MR) is 118 cm³/mol. The molecule has 8 heteroatoms. The summed E-state index contributed by atoms with van der Waals surface area (Å²) in [5.41, 5.74) is 8.80. The Hall–Kier alpha value is -2.26. The molecule has 1 aliphatic rings. The maximum Gasteiger partial charge on any atom is 0.259 e. The number of aryl methyl sites for hydroxylation is 3. The Morgan fingerprint density at radius 1 is 1.17 bits per heavy atom. The lowest BCUT2D eigenvalue weighted by atomic mass is 10.0. The van der Waals surface area contributed by atoms with E-state index in [2.05, 4.69) is 0 Å². The molecule has 2 aromatic carbocycles. The summed E-state index contributed by atoms with van der Waals surface area (Å²) in [4.78, 5) is 12.9. The van der Waals surface area contributed by atoms with Crippen molar-refractivity contribution in [3.63, 3.8) is 0 Å². The van der Waals surface area contributed by atoms with Crippen molar-refractivity contribution in [3.05, 3.63) is 63.5 Å². The van der Waals surface area contributed by atoms with Crippen molar-refractivity contribution >= 4 is 37.4 Å². The predicted octanol–water partition coefficient (Wildman–Crippen LogP) is 3.69. The number of morpholine rings is 1. The van der Waals surface area contributed by atoms with Crippen LogP contribution in [0.2, 0.25) is 0 Å². The van der Waals surface area contributed by atoms with Crippen molar-refractivity contribution in [1.29, 1.82) is 0 Å². The van der Waals surface area contributed by atoms with Crippen LogP contribution in [0.3, 0.4) is 0 Å². The molecule has 2 N–H and O–H groups in total. The number of fused-ring (bicyclic) bond motifs is 1. The number of amides is 1. The summed E-state index contributed by atoms with van der Waals surface area (Å²) >= 11 is 1.31. The number of carbonyl (C=O) groups excluding carboxylic acids is 1. The van der Waals surface area contributed by atoms with E-state index >= 15 is 0 Å². The molecule has 0 bridgehead atoms. The molecule has 2 heterocycles. The zero-order chi connectivity index (χ0) is 21.6. The van der Waals surface area contributed by atoms with E-state index in [9.17, 15) is 13.2 Å². The van der Waals surface area contributed by atoms with E-state index in [1.54, 1.807) is 0 Å². The van der Waals surface area contributed by atoms with Crippen molar-refractivity contribution in [1.82, 2.24) is 4.31 Å². The van der Waals surface area contributed by atoms with E-state index in [0.29, 0.717) is 15.3 Å². The van der Waals surface area contributed by atoms with E-state index in [-0.39, 0.29) is 19.7 Å². The molecule has 1 saturated heterocycles. The third-order valence-electron chi connectivity index (χ3n) is 5.41. The van der Waals surface area contributed by atoms with Crippen molar-refractivity contribution in [3.8, 4) is 0 Å². The fourth-order valence-electron chi connectivity index (χ4n) is 4.29. The van der Waals surface area contributed by atoms with Crippen LogP contribution in [0.4, 0.5) is 0 Å². The summed E-state index contributed by atoms with van der Waals surface area (Å²) in [7, 11) is -3.71. The Bertz CT molecular complexity index is 1220. The molecular weight excluding hydrogens is 420 g/mol. The molecule has 158 valence electrons. The van der Waals surface area contributed by atoms with Crippen molar-refractivity contribution in [2.75, 3.05) is 19.7 Å². The van der Waals surface area contributed by atoms with E-state index in [0.717, 1.165) is 26.8 Å². The molecule has 30 heavy (non-hydrogen) atoms. The van der Waals surface area contributed by atoms with Crippen LogP contribution in [-0.2, 0) is 14.8 Å². The van der Waals surface area contributed by atoms with Gasteiger partial charge in [0.1, 0.15) is 0 Å². The average molecular weight is 445 g/mol. The quantitative estimate of drug-likeness (QED) is 0.665. The van der Waals surface area contributed by atoms with Gasteiger partial charge in [0, 0.05) is 23.4 Å². The SMILES string of the molecule is Cc1cc(C)c(S(=O)(=O)N2CCO[C@H](c3c(C(N)=O)sc4ccccc34)C2)c(C)c1. The van der Waals surface area contributed by atoms with Crippen molar-refractivity contribution < 1.29 is 17.9 Å². The van der Waals surface area contributed by atoms with Gasteiger partial charge in [-0.2, -0.15) is 4.31 Å². The molecule has 1 amide bonds. The Morgan fingerprint density at radius 3 is 2.50 bits per heavy atom. The Morgan fingerprint density at radius 2 is 1.83 bits per heavy atom. The summed E-state index contributed by atoms with van der Waals surface area (Å²) in [5, 5.41) is 0.878. The van der Waals surface area contributed by atoms with Crippen molar-refractivity contribution in [2.24, 2.45) is 5.73 Å². The number of nitrogens with two attached hydrogens (primary N) is 1. The van der Waals surface area contributed by atoms with E-state index in [4.69, 9.17) is 10.5 Å². The van der Waals surface area contributed by atoms with Gasteiger partial charge in [0.2, 0.25) is 10.0 Å². The Balaban J connectivity index is 1.76. The highest BCUT2D eigenvalue weighted by Crippen LogP contribution is 2.39. The number of rotatable bonds is 4. The summed E-state index contributed by atoms with van der Waals surface area (Å²) in [5.74, 6) is -0.528. The van der Waals surface area contributed by atoms with Gasteiger partial charge >= 0.3 is 0 Å². The minimum atomic E-state index is -3.71. The second kappa shape index (κ2) is 7.77. The first-order chi connectivity index (χ1) is 14.2. The summed E-state index contributed by atoms with van der Waals surface area (Å²) < 4.78 is 35.4. The monoisotopic (exact) mass is 444 g/mol. The number of carbonyl (C=O) groups is 1. The lowest BCUT2D eigenvalue weighted by Crippen LogP contribution is -2.42. The van der Waals surface area contributed by atoms with Crippen LogP contribution in [0, 0.1) is 20.8 Å². The van der Waals surface area contributed by atoms with Gasteiger partial charge in [-0.3, -0.25) is 4.79 Å². The molecule has 1 atom stereocenters. The smallest absolute Gasteiger partial charge is 0.259 e. The molecule has 1 aromatic heterocycles. The lowest BCUT2D eigenvalue weighted by molar-refractivity contribution is -0.00190. The van der Waals surface area contributed by atoms with Crippen LogP contribution in [0.5, 0.6) is 0 Å². The standard InChI is InChI=1S/C22H24N2O4S2/c1-13-10-14(2)21(15(3)11-13)30(26,27)24-8-9-28-17(12-24)19-16-6-4-5-7-18(16)29-20(19)22(23)25/h4-7,10-11,17H,8-9,12H2,1-3H3,(H2,23,25)/t17-/m0/s1. The number of nitrogens with zero attached hydrogens (tertiary/aromatic N) is 1. The average Bonchev–Trinajstić information content (AvgIpc) is 3.07. The highest BCUT2D eigenvalue weighted by atomic mass is 32.2. The number of primary amides is 1. The maximum atomic E-state index is 13.5. The number of hydrogen-bond acceptors (Lipinski definition) is 5. The molecular formula is C22H24N2O4S2. The highest BCUT2D eigenvalue weighted by molar-refractivity contribution is 7.89. The molecule has 1 aliphatic heterocycles. The third-order valence-corrected chi connectivity index (χ3v) is 8.78. The number of thiophene rings is 1. The van der Waals surface area contributed by atoms with Gasteiger partial charge in [-0.05, 0) is 43.4 Å². The Labute approximate surface area is 180 Å². The number of ether oxygens (including phenoxy) is 1. The van der Waals surface area contributed by atoms with E-state index in [1.807, 2.05) is 57.2 Å². The third kappa shape index (κ3) is 3.54. The molecule has 0 radical (unpaired) electrons. The van der Waals surface area contributed by atoms with Gasteiger partial charge in [-0.25, -0.2) is 8.42 Å². The summed E-state index contributed by atoms with van der Waals surface area (Å²) in [6.07, 6.45) is -0.557. The first kappa shape index (κ1) is 21.0. The minimum absolute atomic E-state index is 0.135. The largest absolute Gasteiger partial charge is 0.371 e. The van der Waals surface area contributed by atoms with Gasteiger partial charge in [0.05, 0.1) is 22.5 Å². The molecule has 4 rings (SSSR count). The second-order valence-electron chi connectivity index (χ2n) is 7.66. The van der Waals surface area contributed by atoms with Gasteiger partial charge in [0.25, 0.3) is 5.91 Å². The first-order valence-corrected chi connectivity index (χ1v) is 12.0. The lowest BCUT2D eigenvalue weighted by Gasteiger charge is -2.33. The molecule has 0 unspecified atom stereocenters. The van der Waals surface area contributed by atoms with Crippen LogP contribution in [0.1, 0.15) is 38.0 Å². The second-order valence-corrected chi connectivity index (χ2v) is 10.6. The van der Waals surface area contributed by atoms with Crippen LogP contribution in [0.25, 0.3) is 10.1 Å². The molecule has 3 aromatic rings. The number of hydrogen-bond donors (Lipinski definition) is 1. The van der Waals surface area contributed by atoms with Crippen molar-refractivity contribution in [2.45, 2.75) is 31.8 Å². The van der Waals surface area contributed by atoms with Crippen LogP contribution >= 0.6 is 11.3 Å². The molecule has 6 nitrogen and oxygen atoms in total. The number of sulfonamides is 1. The fourth-order valence-corrected chi connectivity index (χ4v) is 7.23. The van der Waals surface area contributed by atoms with Gasteiger partial charge in [0.15, 0.2) is 0 Å². The van der Waals surface area contributed by atoms with Crippen LogP contribution in [-0.4, -0.2) is 38.3 Å². The zero-order valence-corrected chi connectivity index (χ0v) is 18.8. The fraction of sp³-hybridized carbons (Fsp3) is 0.318. The number of benzene rings is 2. The van der Waals surface area contributed by atoms with Gasteiger partial charge in [-0.1, -0.05) is 35.9 Å². The highest BCUT2D eigenvalue weighted by Gasteiger charge is 2.36. The maximum absolute atomic E-state index is 13.5. The first-order valence-electron chi connectivity index (χ1n) is 9.71. The summed E-state index contributed by atoms with van der Waals surface area (Å²) in [6.45, 7) is 6.24. The minimum Gasteiger partial charge on any atom is -0.371 e. The van der Waals surface area contributed by atoms with E-state index in [1.165, 1.54) is 15.6 Å². The molecule has 0 aliphatic carbocycles. The van der Waals surface area contributed by atoms with Crippen LogP contribution < -0.4 is 5.73 Å². The topological polar surface area (TPSA) is 89.7 Å².